The van der Waals surface area contributed by atoms with Gasteiger partial charge in [-0.1, -0.05) is 0 Å². The molecule has 1 fully saturated rings. The highest BCUT2D eigenvalue weighted by molar-refractivity contribution is 5.78. The second kappa shape index (κ2) is 6.68. The van der Waals surface area contributed by atoms with Gasteiger partial charge in [0.1, 0.15) is 0 Å². The molecule has 23 heavy (non-hydrogen) atoms. The molecule has 3 rings (SSSR count). The van der Waals surface area contributed by atoms with Gasteiger partial charge >= 0.3 is 0 Å². The van der Waals surface area contributed by atoms with E-state index < -0.39 is 0 Å². The zero-order valence-corrected chi connectivity index (χ0v) is 13.1. The number of hydrogen-bond donors (Lipinski definition) is 1. The minimum atomic E-state index is -0.113. The van der Waals surface area contributed by atoms with Crippen molar-refractivity contribution >= 4 is 11.7 Å². The number of nitrogens with one attached hydrogen (secondary N) is 1. The number of nitrogens with zero attached hydrogens (tertiary/aromatic N) is 3. The van der Waals surface area contributed by atoms with Gasteiger partial charge in [0, 0.05) is 38.6 Å². The molecule has 1 atom stereocenters. The number of carbonyl (C=O) groups is 1. The van der Waals surface area contributed by atoms with Gasteiger partial charge in [-0.15, -0.1) is 0 Å². The van der Waals surface area contributed by atoms with Gasteiger partial charge in [-0.2, -0.15) is 0 Å². The minimum absolute atomic E-state index is 0.0230. The lowest BCUT2D eigenvalue weighted by atomic mass is 10.1. The van der Waals surface area contributed by atoms with E-state index in [1.807, 2.05) is 4.90 Å². The molecule has 3 heterocycles. The number of furan rings is 1. The normalized spacial score (nSPS) is 18.0. The molecule has 1 aliphatic heterocycles. The van der Waals surface area contributed by atoms with Crippen LogP contribution in [-0.2, 0) is 18.3 Å². The summed E-state index contributed by atoms with van der Waals surface area (Å²) < 4.78 is 6.49. The number of hydrogen-bond acceptors (Lipinski definition) is 5. The molecule has 1 amide bonds. The first kappa shape index (κ1) is 15.3. The van der Waals surface area contributed by atoms with Gasteiger partial charge in [-0.05, 0) is 24.5 Å². The topological polar surface area (TPSA) is 80.4 Å². The van der Waals surface area contributed by atoms with Crippen LogP contribution in [0.4, 0.5) is 5.82 Å². The summed E-state index contributed by atoms with van der Waals surface area (Å²) in [5.41, 5.74) is 0.742. The maximum absolute atomic E-state index is 12.2. The molecule has 0 spiro atoms. The number of piperidine rings is 1. The van der Waals surface area contributed by atoms with Gasteiger partial charge in [0.05, 0.1) is 18.9 Å². The average Bonchev–Trinajstić information content (AvgIpc) is 3.03. The summed E-state index contributed by atoms with van der Waals surface area (Å²) >= 11 is 0. The summed E-state index contributed by atoms with van der Waals surface area (Å²) in [6.07, 6.45) is 8.51. The van der Waals surface area contributed by atoms with E-state index in [-0.39, 0.29) is 17.5 Å². The molecule has 7 nitrogen and oxygen atoms in total. The Morgan fingerprint density at radius 2 is 2.39 bits per heavy atom. The number of anilines is 1. The van der Waals surface area contributed by atoms with Crippen LogP contribution in [0.5, 0.6) is 0 Å². The number of rotatable bonds is 4. The number of amides is 1. The Morgan fingerprint density at radius 1 is 1.52 bits per heavy atom. The Hall–Kier alpha value is -2.57. The van der Waals surface area contributed by atoms with Crippen molar-refractivity contribution in [3.8, 4) is 0 Å². The van der Waals surface area contributed by atoms with E-state index in [4.69, 9.17) is 4.42 Å². The first-order valence-corrected chi connectivity index (χ1v) is 7.70. The van der Waals surface area contributed by atoms with Crippen LogP contribution in [0, 0.1) is 0 Å². The molecule has 1 N–H and O–H groups in total. The van der Waals surface area contributed by atoms with Crippen molar-refractivity contribution in [3.63, 3.8) is 0 Å². The molecular weight excluding hydrogens is 296 g/mol. The van der Waals surface area contributed by atoms with Crippen LogP contribution in [0.15, 0.2) is 40.2 Å². The van der Waals surface area contributed by atoms with Crippen LogP contribution in [-0.4, -0.2) is 34.6 Å². The van der Waals surface area contributed by atoms with Gasteiger partial charge in [0.2, 0.25) is 5.91 Å². The molecule has 0 unspecified atom stereocenters. The Kier molecular flexibility index (Phi) is 4.45. The highest BCUT2D eigenvalue weighted by Crippen LogP contribution is 2.14. The van der Waals surface area contributed by atoms with E-state index in [9.17, 15) is 9.59 Å². The summed E-state index contributed by atoms with van der Waals surface area (Å²) in [6.45, 7) is 1.38. The Balaban J connectivity index is 1.63. The highest BCUT2D eigenvalue weighted by atomic mass is 16.3. The van der Waals surface area contributed by atoms with Crippen molar-refractivity contribution in [1.29, 1.82) is 0 Å². The fourth-order valence-electron chi connectivity index (χ4n) is 2.85. The van der Waals surface area contributed by atoms with E-state index in [2.05, 4.69) is 10.3 Å². The van der Waals surface area contributed by atoms with Crippen LogP contribution in [0.1, 0.15) is 18.4 Å². The molecule has 0 bridgehead atoms. The smallest absolute Gasteiger partial charge is 0.293 e. The fourth-order valence-corrected chi connectivity index (χ4v) is 2.85. The third-order valence-corrected chi connectivity index (χ3v) is 4.03. The van der Waals surface area contributed by atoms with E-state index in [1.165, 1.54) is 4.57 Å². The summed E-state index contributed by atoms with van der Waals surface area (Å²) in [7, 11) is 1.71. The maximum atomic E-state index is 12.2. The molecule has 1 saturated heterocycles. The van der Waals surface area contributed by atoms with Crippen molar-refractivity contribution < 1.29 is 9.21 Å². The van der Waals surface area contributed by atoms with Gasteiger partial charge in [0.15, 0.2) is 5.82 Å². The third kappa shape index (κ3) is 3.61. The Morgan fingerprint density at radius 3 is 3.17 bits per heavy atom. The predicted octanol–water partition coefficient (Wildman–Crippen LogP) is 0.701. The molecule has 0 saturated carbocycles. The first-order valence-electron chi connectivity index (χ1n) is 7.70. The van der Waals surface area contributed by atoms with Crippen molar-refractivity contribution in [2.24, 2.45) is 7.05 Å². The van der Waals surface area contributed by atoms with Crippen LogP contribution in [0.2, 0.25) is 0 Å². The lowest BCUT2D eigenvalue weighted by molar-refractivity contribution is -0.121. The van der Waals surface area contributed by atoms with Crippen LogP contribution < -0.4 is 15.8 Å². The fraction of sp³-hybridized carbons (Fsp3) is 0.438. The molecular formula is C16H20N4O3. The van der Waals surface area contributed by atoms with Gasteiger partial charge in [-0.25, -0.2) is 4.98 Å². The summed E-state index contributed by atoms with van der Waals surface area (Å²) in [5.74, 6) is 0.413. The SMILES string of the molecule is Cn1ccnc(N2CCC[C@H](NC(=O)Cc3ccoc3)C2)c1=O. The molecule has 1 aliphatic rings. The second-order valence-electron chi connectivity index (χ2n) is 5.83. The van der Waals surface area contributed by atoms with E-state index in [0.29, 0.717) is 18.8 Å². The summed E-state index contributed by atoms with van der Waals surface area (Å²) in [6, 6.07) is 1.81. The molecule has 7 heteroatoms. The van der Waals surface area contributed by atoms with Crippen molar-refractivity contribution in [2.45, 2.75) is 25.3 Å². The number of aromatic nitrogens is 2. The largest absolute Gasteiger partial charge is 0.472 e. The maximum Gasteiger partial charge on any atom is 0.293 e. The van der Waals surface area contributed by atoms with Gasteiger partial charge in [0.25, 0.3) is 5.56 Å². The zero-order chi connectivity index (χ0) is 16.2. The quantitative estimate of drug-likeness (QED) is 0.898. The minimum Gasteiger partial charge on any atom is -0.472 e. The monoisotopic (exact) mass is 316 g/mol. The highest BCUT2D eigenvalue weighted by Gasteiger charge is 2.24. The molecule has 0 aliphatic carbocycles. The molecule has 0 radical (unpaired) electrons. The van der Waals surface area contributed by atoms with Crippen LogP contribution in [0.3, 0.4) is 0 Å². The van der Waals surface area contributed by atoms with Gasteiger partial charge < -0.3 is 19.2 Å². The van der Waals surface area contributed by atoms with Crippen LogP contribution in [0.25, 0.3) is 0 Å². The third-order valence-electron chi connectivity index (χ3n) is 4.03. The number of aryl methyl sites for hydroxylation is 1. The van der Waals surface area contributed by atoms with E-state index in [0.717, 1.165) is 24.9 Å². The number of carbonyl (C=O) groups excluding carboxylic acids is 1. The zero-order valence-electron chi connectivity index (χ0n) is 13.1. The predicted molar refractivity (Wildman–Crippen MR) is 85.3 cm³/mol. The second-order valence-corrected chi connectivity index (χ2v) is 5.83. The van der Waals surface area contributed by atoms with Crippen LogP contribution >= 0.6 is 0 Å². The molecule has 122 valence electrons. The Labute approximate surface area is 133 Å². The van der Waals surface area contributed by atoms with Gasteiger partial charge in [-0.3, -0.25) is 9.59 Å². The summed E-state index contributed by atoms with van der Waals surface area (Å²) in [4.78, 5) is 30.4. The molecule has 0 aromatic carbocycles. The lowest BCUT2D eigenvalue weighted by Crippen LogP contribution is -2.49. The van der Waals surface area contributed by atoms with E-state index in [1.54, 1.807) is 38.0 Å². The van der Waals surface area contributed by atoms with E-state index >= 15 is 0 Å². The van der Waals surface area contributed by atoms with Crippen molar-refractivity contribution in [2.75, 3.05) is 18.0 Å². The van der Waals surface area contributed by atoms with Crippen molar-refractivity contribution in [1.82, 2.24) is 14.9 Å². The molecule has 2 aromatic rings. The van der Waals surface area contributed by atoms with Crippen molar-refractivity contribution in [3.05, 3.63) is 46.9 Å². The first-order chi connectivity index (χ1) is 11.1. The standard InChI is InChI=1S/C16H20N4O3/c1-19-7-5-17-15(16(19)22)20-6-2-3-13(10-20)18-14(21)9-12-4-8-23-11-12/h4-5,7-8,11,13H,2-3,6,9-10H2,1H3,(H,18,21)/t13-/m0/s1. The average molecular weight is 316 g/mol. The lowest BCUT2D eigenvalue weighted by Gasteiger charge is -2.33. The Bertz CT molecular complexity index is 723. The molecule has 2 aromatic heterocycles. The summed E-state index contributed by atoms with van der Waals surface area (Å²) in [5, 5.41) is 3.03.